The van der Waals surface area contributed by atoms with Crippen LogP contribution in [0.5, 0.6) is 5.75 Å². The van der Waals surface area contributed by atoms with Gasteiger partial charge in [-0.25, -0.2) is 9.37 Å². The van der Waals surface area contributed by atoms with Crippen molar-refractivity contribution in [3.8, 4) is 5.75 Å². The van der Waals surface area contributed by atoms with E-state index in [1.54, 1.807) is 16.6 Å². The molecule has 120 valence electrons. The Morgan fingerprint density at radius 1 is 1.30 bits per heavy atom. The van der Waals surface area contributed by atoms with E-state index in [2.05, 4.69) is 20.4 Å². The summed E-state index contributed by atoms with van der Waals surface area (Å²) >= 11 is 0. The summed E-state index contributed by atoms with van der Waals surface area (Å²) in [6.07, 6.45) is 2.30. The van der Waals surface area contributed by atoms with Crippen molar-refractivity contribution < 1.29 is 9.13 Å². The fourth-order valence-corrected chi connectivity index (χ4v) is 2.19. The number of ether oxygens (including phenoxy) is 1. The lowest BCUT2D eigenvalue weighted by Crippen LogP contribution is -2.25. The van der Waals surface area contributed by atoms with E-state index in [-0.39, 0.29) is 11.9 Å². The van der Waals surface area contributed by atoms with Gasteiger partial charge in [0.05, 0.1) is 6.04 Å². The zero-order valence-electron chi connectivity index (χ0n) is 13.0. The average Bonchev–Trinajstić information content (AvgIpc) is 3.03. The van der Waals surface area contributed by atoms with Gasteiger partial charge in [-0.2, -0.15) is 14.6 Å². The molecule has 2 heterocycles. The molecule has 23 heavy (non-hydrogen) atoms. The summed E-state index contributed by atoms with van der Waals surface area (Å²) in [5.74, 6) is 1.74. The maximum atomic E-state index is 12.9. The van der Waals surface area contributed by atoms with Crippen LogP contribution in [0.2, 0.25) is 0 Å². The van der Waals surface area contributed by atoms with Crippen molar-refractivity contribution in [3.05, 3.63) is 48.2 Å². The Morgan fingerprint density at radius 2 is 2.09 bits per heavy atom. The topological polar surface area (TPSA) is 64.3 Å². The van der Waals surface area contributed by atoms with E-state index in [0.29, 0.717) is 18.1 Å². The number of nitrogens with one attached hydrogen (secondary N) is 1. The Bertz CT molecular complexity index is 787. The third-order valence-electron chi connectivity index (χ3n) is 3.38. The number of halogens is 1. The first-order chi connectivity index (χ1) is 11.2. The highest BCUT2D eigenvalue weighted by molar-refractivity contribution is 5.45. The van der Waals surface area contributed by atoms with Crippen molar-refractivity contribution in [1.82, 2.24) is 19.6 Å². The molecule has 1 N–H and O–H groups in total. The number of anilines is 1. The monoisotopic (exact) mass is 315 g/mol. The predicted molar refractivity (Wildman–Crippen MR) is 85.1 cm³/mol. The van der Waals surface area contributed by atoms with Crippen LogP contribution in [0.4, 0.5) is 10.2 Å². The zero-order valence-corrected chi connectivity index (χ0v) is 13.0. The zero-order chi connectivity index (χ0) is 16.2. The van der Waals surface area contributed by atoms with Gasteiger partial charge in [-0.15, -0.1) is 0 Å². The molecule has 1 aromatic carbocycles. The van der Waals surface area contributed by atoms with Crippen LogP contribution in [-0.2, 0) is 6.42 Å². The Labute approximate surface area is 133 Å². The molecule has 0 aliphatic rings. The SMILES string of the molecule is CCc1cc(NC(C)COc2ccc(F)cc2)n2ncnc2n1. The summed E-state index contributed by atoms with van der Waals surface area (Å²) in [5, 5.41) is 7.52. The summed E-state index contributed by atoms with van der Waals surface area (Å²) in [4.78, 5) is 8.54. The average molecular weight is 315 g/mol. The number of aromatic nitrogens is 4. The van der Waals surface area contributed by atoms with E-state index in [9.17, 15) is 4.39 Å². The Balaban J connectivity index is 1.68. The van der Waals surface area contributed by atoms with Crippen molar-refractivity contribution in [1.29, 1.82) is 0 Å². The van der Waals surface area contributed by atoms with Gasteiger partial charge in [0.1, 0.15) is 30.3 Å². The minimum atomic E-state index is -0.277. The first-order valence-electron chi connectivity index (χ1n) is 7.50. The van der Waals surface area contributed by atoms with Crippen molar-refractivity contribution >= 4 is 11.6 Å². The largest absolute Gasteiger partial charge is 0.491 e. The molecule has 0 radical (unpaired) electrons. The van der Waals surface area contributed by atoms with Crippen LogP contribution in [0.25, 0.3) is 5.78 Å². The number of nitrogens with zero attached hydrogens (tertiary/aromatic N) is 4. The Hall–Kier alpha value is -2.70. The van der Waals surface area contributed by atoms with Crippen LogP contribution in [0.1, 0.15) is 19.5 Å². The fourth-order valence-electron chi connectivity index (χ4n) is 2.19. The lowest BCUT2D eigenvalue weighted by Gasteiger charge is -2.17. The quantitative estimate of drug-likeness (QED) is 0.757. The second kappa shape index (κ2) is 6.60. The molecule has 0 aliphatic heterocycles. The second-order valence-corrected chi connectivity index (χ2v) is 5.27. The summed E-state index contributed by atoms with van der Waals surface area (Å²) < 4.78 is 20.2. The normalized spacial score (nSPS) is 12.3. The van der Waals surface area contributed by atoms with Crippen molar-refractivity contribution in [2.24, 2.45) is 0 Å². The number of hydrogen-bond acceptors (Lipinski definition) is 5. The molecule has 1 unspecified atom stereocenters. The third-order valence-corrected chi connectivity index (χ3v) is 3.38. The standard InChI is InChI=1S/C16H18FN5O/c1-3-13-8-15(22-16(21-13)18-10-19-22)20-11(2)9-23-14-6-4-12(17)5-7-14/h4-8,10-11,20H,3,9H2,1-2H3. The second-order valence-electron chi connectivity index (χ2n) is 5.27. The number of rotatable bonds is 6. The van der Waals surface area contributed by atoms with E-state index in [1.807, 2.05) is 19.9 Å². The molecule has 0 spiro atoms. The van der Waals surface area contributed by atoms with Crippen LogP contribution < -0.4 is 10.1 Å². The van der Waals surface area contributed by atoms with Crippen LogP contribution in [0.3, 0.4) is 0 Å². The lowest BCUT2D eigenvalue weighted by atomic mass is 10.3. The summed E-state index contributed by atoms with van der Waals surface area (Å²) in [7, 11) is 0. The maximum Gasteiger partial charge on any atom is 0.254 e. The van der Waals surface area contributed by atoms with Gasteiger partial charge < -0.3 is 10.1 Å². The maximum absolute atomic E-state index is 12.9. The number of hydrogen-bond donors (Lipinski definition) is 1. The Kier molecular flexibility index (Phi) is 4.36. The van der Waals surface area contributed by atoms with E-state index >= 15 is 0 Å². The molecule has 0 saturated carbocycles. The van der Waals surface area contributed by atoms with Gasteiger partial charge in [0.15, 0.2) is 0 Å². The van der Waals surface area contributed by atoms with Gasteiger partial charge in [-0.05, 0) is 37.6 Å². The first kappa shape index (κ1) is 15.2. The molecule has 0 aliphatic carbocycles. The summed E-state index contributed by atoms with van der Waals surface area (Å²) in [5.41, 5.74) is 0.944. The van der Waals surface area contributed by atoms with E-state index in [4.69, 9.17) is 4.74 Å². The highest BCUT2D eigenvalue weighted by Crippen LogP contribution is 2.14. The molecule has 0 bridgehead atoms. The molecule has 3 rings (SSSR count). The summed E-state index contributed by atoms with van der Waals surface area (Å²) in [6.45, 7) is 4.48. The van der Waals surface area contributed by atoms with E-state index in [0.717, 1.165) is 17.9 Å². The number of fused-ring (bicyclic) bond motifs is 1. The van der Waals surface area contributed by atoms with Gasteiger partial charge in [0.25, 0.3) is 5.78 Å². The predicted octanol–water partition coefficient (Wildman–Crippen LogP) is 2.71. The Morgan fingerprint density at radius 3 is 2.83 bits per heavy atom. The molecule has 2 aromatic heterocycles. The molecular formula is C16H18FN5O. The lowest BCUT2D eigenvalue weighted by molar-refractivity contribution is 0.303. The minimum absolute atomic E-state index is 0.0274. The third kappa shape index (κ3) is 3.56. The number of aryl methyl sites for hydroxylation is 1. The van der Waals surface area contributed by atoms with Crippen LogP contribution >= 0.6 is 0 Å². The fraction of sp³-hybridized carbons (Fsp3) is 0.312. The van der Waals surface area contributed by atoms with Crippen molar-refractivity contribution in [2.45, 2.75) is 26.3 Å². The first-order valence-corrected chi connectivity index (χ1v) is 7.50. The molecule has 7 heteroatoms. The van der Waals surface area contributed by atoms with Gasteiger partial charge in [0, 0.05) is 11.8 Å². The molecule has 3 aromatic rings. The van der Waals surface area contributed by atoms with Crippen molar-refractivity contribution in [3.63, 3.8) is 0 Å². The van der Waals surface area contributed by atoms with E-state index in [1.165, 1.54) is 18.5 Å². The highest BCUT2D eigenvalue weighted by Gasteiger charge is 2.10. The van der Waals surface area contributed by atoms with Crippen LogP contribution in [0.15, 0.2) is 36.7 Å². The van der Waals surface area contributed by atoms with Gasteiger partial charge in [-0.3, -0.25) is 0 Å². The summed E-state index contributed by atoms with van der Waals surface area (Å²) in [6, 6.07) is 7.96. The minimum Gasteiger partial charge on any atom is -0.491 e. The molecule has 0 saturated heterocycles. The van der Waals surface area contributed by atoms with Gasteiger partial charge in [0.2, 0.25) is 0 Å². The molecule has 0 fully saturated rings. The highest BCUT2D eigenvalue weighted by atomic mass is 19.1. The van der Waals surface area contributed by atoms with Crippen molar-refractivity contribution in [2.75, 3.05) is 11.9 Å². The number of benzene rings is 1. The van der Waals surface area contributed by atoms with Gasteiger partial charge in [-0.1, -0.05) is 6.92 Å². The molecular weight excluding hydrogens is 297 g/mol. The molecule has 6 nitrogen and oxygen atoms in total. The van der Waals surface area contributed by atoms with Crippen LogP contribution in [-0.4, -0.2) is 32.2 Å². The van der Waals surface area contributed by atoms with Crippen LogP contribution in [0, 0.1) is 5.82 Å². The van der Waals surface area contributed by atoms with Gasteiger partial charge >= 0.3 is 0 Å². The smallest absolute Gasteiger partial charge is 0.254 e. The van der Waals surface area contributed by atoms with E-state index < -0.39 is 0 Å². The molecule has 0 amide bonds. The molecule has 1 atom stereocenters.